The van der Waals surface area contributed by atoms with Crippen molar-refractivity contribution in [3.05, 3.63) is 45.7 Å². The molecule has 0 N–H and O–H groups in total. The van der Waals surface area contributed by atoms with Crippen molar-refractivity contribution in [3.8, 4) is 0 Å². The summed E-state index contributed by atoms with van der Waals surface area (Å²) in [5, 5.41) is 0. The SMILES string of the molecule is Cc1ccc(CN2CCC[C@H]2c2cncc(CN3CCCC3)n2)s1. The summed E-state index contributed by atoms with van der Waals surface area (Å²) in [5.41, 5.74) is 2.30. The van der Waals surface area contributed by atoms with E-state index in [9.17, 15) is 0 Å². The quantitative estimate of drug-likeness (QED) is 0.828. The Morgan fingerprint density at radius 1 is 1.08 bits per heavy atom. The highest BCUT2D eigenvalue weighted by atomic mass is 32.1. The van der Waals surface area contributed by atoms with Gasteiger partial charge < -0.3 is 0 Å². The summed E-state index contributed by atoms with van der Waals surface area (Å²) in [6.45, 7) is 7.76. The molecule has 2 fully saturated rings. The van der Waals surface area contributed by atoms with Gasteiger partial charge in [0.25, 0.3) is 0 Å². The molecule has 4 heterocycles. The smallest absolute Gasteiger partial charge is 0.0762 e. The van der Waals surface area contributed by atoms with Gasteiger partial charge in [0.15, 0.2) is 0 Å². The first-order valence-electron chi connectivity index (χ1n) is 9.10. The van der Waals surface area contributed by atoms with Crippen molar-refractivity contribution >= 4 is 11.3 Å². The predicted octanol–water partition coefficient (Wildman–Crippen LogP) is 3.78. The molecule has 128 valence electrons. The van der Waals surface area contributed by atoms with Gasteiger partial charge >= 0.3 is 0 Å². The van der Waals surface area contributed by atoms with E-state index >= 15 is 0 Å². The van der Waals surface area contributed by atoms with Gasteiger partial charge in [-0.1, -0.05) is 0 Å². The molecule has 0 saturated carbocycles. The van der Waals surface area contributed by atoms with Gasteiger partial charge in [-0.05, 0) is 64.4 Å². The molecular weight excluding hydrogens is 316 g/mol. The minimum absolute atomic E-state index is 0.429. The molecule has 24 heavy (non-hydrogen) atoms. The summed E-state index contributed by atoms with van der Waals surface area (Å²) in [6.07, 6.45) is 9.03. The highest BCUT2D eigenvalue weighted by Gasteiger charge is 2.28. The van der Waals surface area contributed by atoms with Gasteiger partial charge in [0.2, 0.25) is 0 Å². The largest absolute Gasteiger partial charge is 0.297 e. The van der Waals surface area contributed by atoms with E-state index in [2.05, 4.69) is 33.8 Å². The summed E-state index contributed by atoms with van der Waals surface area (Å²) >= 11 is 1.91. The summed E-state index contributed by atoms with van der Waals surface area (Å²) in [6, 6.07) is 4.92. The van der Waals surface area contributed by atoms with Gasteiger partial charge in [-0.25, -0.2) is 0 Å². The lowest BCUT2D eigenvalue weighted by Crippen LogP contribution is -2.24. The van der Waals surface area contributed by atoms with E-state index in [4.69, 9.17) is 4.98 Å². The molecule has 2 aliphatic heterocycles. The first kappa shape index (κ1) is 16.2. The van der Waals surface area contributed by atoms with Crippen molar-refractivity contribution < 1.29 is 0 Å². The lowest BCUT2D eigenvalue weighted by atomic mass is 10.1. The molecule has 0 amide bonds. The number of rotatable bonds is 5. The minimum atomic E-state index is 0.429. The second kappa shape index (κ2) is 7.30. The zero-order valence-electron chi connectivity index (χ0n) is 14.4. The normalized spacial score (nSPS) is 22.5. The summed E-state index contributed by atoms with van der Waals surface area (Å²) in [4.78, 5) is 17.4. The predicted molar refractivity (Wildman–Crippen MR) is 98.0 cm³/mol. The Labute approximate surface area is 148 Å². The van der Waals surface area contributed by atoms with Crippen molar-refractivity contribution in [2.24, 2.45) is 0 Å². The molecule has 0 aromatic carbocycles. The van der Waals surface area contributed by atoms with E-state index in [0.29, 0.717) is 6.04 Å². The molecule has 4 nitrogen and oxygen atoms in total. The molecule has 2 aliphatic rings. The fourth-order valence-electron chi connectivity index (χ4n) is 3.95. The molecule has 2 aromatic rings. The van der Waals surface area contributed by atoms with E-state index < -0.39 is 0 Å². The van der Waals surface area contributed by atoms with Gasteiger partial charge in [0.1, 0.15) is 0 Å². The minimum Gasteiger partial charge on any atom is -0.297 e. The Kier molecular flexibility index (Phi) is 4.92. The second-order valence-corrected chi connectivity index (χ2v) is 8.43. The number of thiophene rings is 1. The zero-order valence-corrected chi connectivity index (χ0v) is 15.3. The average Bonchev–Trinajstić information content (AvgIpc) is 3.31. The van der Waals surface area contributed by atoms with Crippen LogP contribution in [-0.2, 0) is 13.1 Å². The Bertz CT molecular complexity index is 678. The van der Waals surface area contributed by atoms with Crippen LogP contribution in [0.4, 0.5) is 0 Å². The summed E-state index contributed by atoms with van der Waals surface area (Å²) < 4.78 is 0. The lowest BCUT2D eigenvalue weighted by molar-refractivity contribution is 0.245. The van der Waals surface area contributed by atoms with E-state index in [1.807, 2.05) is 23.7 Å². The van der Waals surface area contributed by atoms with Crippen LogP contribution in [0.25, 0.3) is 0 Å². The monoisotopic (exact) mass is 342 g/mol. The Balaban J connectivity index is 1.47. The Morgan fingerprint density at radius 3 is 2.75 bits per heavy atom. The van der Waals surface area contributed by atoms with Crippen LogP contribution in [-0.4, -0.2) is 39.4 Å². The molecule has 5 heteroatoms. The number of aryl methyl sites for hydroxylation is 1. The number of hydrogen-bond acceptors (Lipinski definition) is 5. The van der Waals surface area contributed by atoms with Crippen molar-refractivity contribution in [2.75, 3.05) is 19.6 Å². The van der Waals surface area contributed by atoms with Crippen LogP contribution >= 0.6 is 11.3 Å². The van der Waals surface area contributed by atoms with Crippen LogP contribution in [0.3, 0.4) is 0 Å². The Hall–Kier alpha value is -1.30. The second-order valence-electron chi connectivity index (χ2n) is 7.06. The number of aromatic nitrogens is 2. The van der Waals surface area contributed by atoms with Crippen molar-refractivity contribution in [2.45, 2.75) is 51.7 Å². The fourth-order valence-corrected chi connectivity index (χ4v) is 4.87. The molecule has 0 spiro atoms. The standard InChI is InChI=1S/C19H26N4S/c1-15-6-7-17(24-15)14-23-10-4-5-19(23)18-12-20-11-16(21-18)13-22-8-2-3-9-22/h6-7,11-12,19H,2-5,8-10,13-14H2,1H3/t19-/m0/s1. The topological polar surface area (TPSA) is 32.3 Å². The van der Waals surface area contributed by atoms with Crippen LogP contribution in [0.1, 0.15) is 52.9 Å². The van der Waals surface area contributed by atoms with Gasteiger partial charge in [-0.2, -0.15) is 0 Å². The Morgan fingerprint density at radius 2 is 1.96 bits per heavy atom. The van der Waals surface area contributed by atoms with E-state index in [1.165, 1.54) is 55.1 Å². The average molecular weight is 343 g/mol. The molecule has 4 rings (SSSR count). The third-order valence-corrected chi connectivity index (χ3v) is 6.13. The third-order valence-electron chi connectivity index (χ3n) is 5.15. The van der Waals surface area contributed by atoms with Crippen LogP contribution < -0.4 is 0 Å². The highest BCUT2D eigenvalue weighted by Crippen LogP contribution is 2.33. The van der Waals surface area contributed by atoms with Gasteiger partial charge in [0.05, 0.1) is 17.4 Å². The molecule has 0 unspecified atom stereocenters. The van der Waals surface area contributed by atoms with Crippen molar-refractivity contribution in [3.63, 3.8) is 0 Å². The first-order valence-corrected chi connectivity index (χ1v) is 9.92. The van der Waals surface area contributed by atoms with E-state index in [0.717, 1.165) is 24.5 Å². The van der Waals surface area contributed by atoms with Crippen molar-refractivity contribution in [1.82, 2.24) is 19.8 Å². The van der Waals surface area contributed by atoms with Crippen LogP contribution in [0, 0.1) is 6.92 Å². The van der Waals surface area contributed by atoms with Gasteiger partial charge in [0, 0.05) is 35.2 Å². The van der Waals surface area contributed by atoms with Crippen molar-refractivity contribution in [1.29, 1.82) is 0 Å². The molecule has 2 saturated heterocycles. The highest BCUT2D eigenvalue weighted by molar-refractivity contribution is 7.11. The molecule has 1 atom stereocenters. The maximum Gasteiger partial charge on any atom is 0.0762 e. The first-order chi connectivity index (χ1) is 11.8. The fraction of sp³-hybridized carbons (Fsp3) is 0.579. The molecule has 0 radical (unpaired) electrons. The van der Waals surface area contributed by atoms with E-state index in [-0.39, 0.29) is 0 Å². The van der Waals surface area contributed by atoms with Crippen LogP contribution in [0.15, 0.2) is 24.5 Å². The van der Waals surface area contributed by atoms with Crippen LogP contribution in [0.2, 0.25) is 0 Å². The zero-order chi connectivity index (χ0) is 16.4. The van der Waals surface area contributed by atoms with Gasteiger partial charge in [-0.15, -0.1) is 11.3 Å². The summed E-state index contributed by atoms with van der Waals surface area (Å²) in [7, 11) is 0. The maximum absolute atomic E-state index is 4.97. The number of hydrogen-bond donors (Lipinski definition) is 0. The van der Waals surface area contributed by atoms with Gasteiger partial charge in [-0.3, -0.25) is 19.8 Å². The maximum atomic E-state index is 4.97. The summed E-state index contributed by atoms with van der Waals surface area (Å²) in [5.74, 6) is 0. The molecule has 0 bridgehead atoms. The molecule has 2 aromatic heterocycles. The number of nitrogens with zero attached hydrogens (tertiary/aromatic N) is 4. The number of likely N-dealkylation sites (tertiary alicyclic amines) is 2. The molecule has 0 aliphatic carbocycles. The van der Waals surface area contributed by atoms with E-state index in [1.54, 1.807) is 0 Å². The lowest BCUT2D eigenvalue weighted by Gasteiger charge is -2.24. The van der Waals surface area contributed by atoms with Crippen LogP contribution in [0.5, 0.6) is 0 Å². The third kappa shape index (κ3) is 3.68. The molecular formula is C19H26N4S.